The molecule has 0 aliphatic carbocycles. The molecule has 1 aromatic heterocycles. The standard InChI is InChI=1S/C11H9NO2S/c13-9(8-4-2-1-3-5-8)10(14)11-12-6-7-15-11/h1-7,13-14H. The molecule has 3 nitrogen and oxygen atoms in total. The van der Waals surface area contributed by atoms with Crippen molar-refractivity contribution in [1.29, 1.82) is 0 Å². The molecular weight excluding hydrogens is 210 g/mol. The van der Waals surface area contributed by atoms with Gasteiger partial charge in [-0.1, -0.05) is 30.3 Å². The summed E-state index contributed by atoms with van der Waals surface area (Å²) in [5.74, 6) is -0.332. The van der Waals surface area contributed by atoms with Gasteiger partial charge in [0.25, 0.3) is 0 Å². The van der Waals surface area contributed by atoms with Crippen LogP contribution in [0.2, 0.25) is 0 Å². The quantitative estimate of drug-likeness (QED) is 0.763. The first kappa shape index (κ1) is 9.73. The normalized spacial score (nSPS) is 12.3. The highest BCUT2D eigenvalue weighted by Gasteiger charge is 2.10. The van der Waals surface area contributed by atoms with Crippen molar-refractivity contribution in [2.45, 2.75) is 0 Å². The molecule has 4 heteroatoms. The minimum atomic E-state index is -0.184. The third-order valence-corrected chi connectivity index (χ3v) is 2.69. The zero-order valence-electron chi connectivity index (χ0n) is 7.79. The highest BCUT2D eigenvalue weighted by atomic mass is 32.1. The second kappa shape index (κ2) is 4.14. The summed E-state index contributed by atoms with van der Waals surface area (Å²) in [6, 6.07) is 8.87. The van der Waals surface area contributed by atoms with E-state index in [9.17, 15) is 10.2 Å². The van der Waals surface area contributed by atoms with Gasteiger partial charge in [-0.3, -0.25) is 0 Å². The largest absolute Gasteiger partial charge is 0.504 e. The molecule has 0 saturated heterocycles. The van der Waals surface area contributed by atoms with Crippen molar-refractivity contribution in [2.75, 3.05) is 0 Å². The fourth-order valence-electron chi connectivity index (χ4n) is 1.17. The van der Waals surface area contributed by atoms with Gasteiger partial charge in [-0.15, -0.1) is 11.3 Å². The smallest absolute Gasteiger partial charge is 0.194 e. The maximum absolute atomic E-state index is 9.76. The molecular formula is C11H9NO2S. The third kappa shape index (κ3) is 1.99. The minimum absolute atomic E-state index is 0.148. The van der Waals surface area contributed by atoms with Crippen molar-refractivity contribution in [2.24, 2.45) is 0 Å². The van der Waals surface area contributed by atoms with E-state index >= 15 is 0 Å². The van der Waals surface area contributed by atoms with Crippen LogP contribution in [0.25, 0.3) is 11.5 Å². The number of rotatable bonds is 2. The fraction of sp³-hybridized carbons (Fsp3) is 0. The van der Waals surface area contributed by atoms with E-state index in [0.29, 0.717) is 10.6 Å². The molecule has 0 atom stereocenters. The molecule has 0 unspecified atom stereocenters. The Kier molecular flexibility index (Phi) is 2.69. The lowest BCUT2D eigenvalue weighted by Gasteiger charge is -2.01. The summed E-state index contributed by atoms with van der Waals surface area (Å²) < 4.78 is 0. The average Bonchev–Trinajstić information content (AvgIpc) is 2.82. The number of hydrogen-bond acceptors (Lipinski definition) is 4. The highest BCUT2D eigenvalue weighted by Crippen LogP contribution is 2.22. The number of aliphatic hydroxyl groups excluding tert-OH is 2. The van der Waals surface area contributed by atoms with E-state index in [1.165, 1.54) is 11.3 Å². The highest BCUT2D eigenvalue weighted by molar-refractivity contribution is 7.10. The van der Waals surface area contributed by atoms with Crippen LogP contribution in [-0.4, -0.2) is 15.2 Å². The fourth-order valence-corrected chi connectivity index (χ4v) is 1.76. The molecule has 76 valence electrons. The molecule has 0 fully saturated rings. The van der Waals surface area contributed by atoms with Crippen LogP contribution in [0.15, 0.2) is 41.9 Å². The number of aliphatic hydroxyl groups is 2. The van der Waals surface area contributed by atoms with Gasteiger partial charge in [0.2, 0.25) is 0 Å². The SMILES string of the molecule is OC(=C(O)c1nccs1)c1ccccc1. The lowest BCUT2D eigenvalue weighted by molar-refractivity contribution is 0.459. The minimum Gasteiger partial charge on any atom is -0.504 e. The van der Waals surface area contributed by atoms with Gasteiger partial charge in [-0.25, -0.2) is 4.98 Å². The molecule has 15 heavy (non-hydrogen) atoms. The Balaban J connectivity index is 2.42. The van der Waals surface area contributed by atoms with Crippen LogP contribution >= 0.6 is 11.3 Å². The summed E-state index contributed by atoms with van der Waals surface area (Å²) in [6.45, 7) is 0. The maximum Gasteiger partial charge on any atom is 0.194 e. The van der Waals surface area contributed by atoms with Crippen LogP contribution in [0.4, 0.5) is 0 Å². The summed E-state index contributed by atoms with van der Waals surface area (Å²) in [5.41, 5.74) is 0.574. The molecule has 0 radical (unpaired) electrons. The van der Waals surface area contributed by atoms with Crippen LogP contribution < -0.4 is 0 Å². The number of thiazole rings is 1. The van der Waals surface area contributed by atoms with Crippen molar-refractivity contribution in [3.05, 3.63) is 52.5 Å². The van der Waals surface area contributed by atoms with Gasteiger partial charge in [0.05, 0.1) is 0 Å². The summed E-state index contributed by atoms with van der Waals surface area (Å²) in [4.78, 5) is 3.91. The first-order valence-electron chi connectivity index (χ1n) is 4.36. The van der Waals surface area contributed by atoms with Crippen molar-refractivity contribution in [3.63, 3.8) is 0 Å². The lowest BCUT2D eigenvalue weighted by Crippen LogP contribution is -1.89. The van der Waals surface area contributed by atoms with E-state index < -0.39 is 0 Å². The van der Waals surface area contributed by atoms with E-state index in [1.807, 2.05) is 6.07 Å². The zero-order chi connectivity index (χ0) is 10.7. The van der Waals surface area contributed by atoms with Crippen LogP contribution in [-0.2, 0) is 0 Å². The number of hydrogen-bond donors (Lipinski definition) is 2. The van der Waals surface area contributed by atoms with Crippen molar-refractivity contribution in [3.8, 4) is 0 Å². The monoisotopic (exact) mass is 219 g/mol. The third-order valence-electron chi connectivity index (χ3n) is 1.91. The predicted octanol–water partition coefficient (Wildman–Crippen LogP) is 3.08. The van der Waals surface area contributed by atoms with Gasteiger partial charge in [0.15, 0.2) is 16.5 Å². The molecule has 2 N–H and O–H groups in total. The first-order valence-corrected chi connectivity index (χ1v) is 5.24. The first-order chi connectivity index (χ1) is 7.29. The van der Waals surface area contributed by atoms with Gasteiger partial charge in [-0.05, 0) is 0 Å². The van der Waals surface area contributed by atoms with Gasteiger partial charge in [-0.2, -0.15) is 0 Å². The Morgan fingerprint density at radius 1 is 1.07 bits per heavy atom. The summed E-state index contributed by atoms with van der Waals surface area (Å²) in [6.07, 6.45) is 1.58. The van der Waals surface area contributed by atoms with Crippen LogP contribution in [0, 0.1) is 0 Å². The van der Waals surface area contributed by atoms with E-state index in [0.717, 1.165) is 0 Å². The topological polar surface area (TPSA) is 53.4 Å². The van der Waals surface area contributed by atoms with Crippen molar-refractivity contribution < 1.29 is 10.2 Å². The Bertz CT molecular complexity index is 463. The molecule has 0 amide bonds. The molecule has 0 aliphatic rings. The van der Waals surface area contributed by atoms with Gasteiger partial charge < -0.3 is 10.2 Å². The Morgan fingerprint density at radius 3 is 2.40 bits per heavy atom. The Hall–Kier alpha value is -1.81. The van der Waals surface area contributed by atoms with Crippen molar-refractivity contribution in [1.82, 2.24) is 4.98 Å². The number of benzene rings is 1. The number of nitrogens with zero attached hydrogens (tertiary/aromatic N) is 1. The maximum atomic E-state index is 9.76. The van der Waals surface area contributed by atoms with Crippen molar-refractivity contribution >= 4 is 22.9 Å². The van der Waals surface area contributed by atoms with Gasteiger partial charge in [0, 0.05) is 17.1 Å². The second-order valence-corrected chi connectivity index (χ2v) is 3.80. The summed E-state index contributed by atoms with van der Waals surface area (Å²) in [5, 5.41) is 21.6. The molecule has 0 spiro atoms. The summed E-state index contributed by atoms with van der Waals surface area (Å²) in [7, 11) is 0. The molecule has 0 aliphatic heterocycles. The van der Waals surface area contributed by atoms with E-state index in [1.54, 1.807) is 35.8 Å². The van der Waals surface area contributed by atoms with E-state index in [-0.39, 0.29) is 11.5 Å². The molecule has 2 aromatic rings. The van der Waals surface area contributed by atoms with Crippen LogP contribution in [0.3, 0.4) is 0 Å². The molecule has 0 saturated carbocycles. The molecule has 1 aromatic carbocycles. The Morgan fingerprint density at radius 2 is 1.80 bits per heavy atom. The van der Waals surface area contributed by atoms with Gasteiger partial charge >= 0.3 is 0 Å². The summed E-state index contributed by atoms with van der Waals surface area (Å²) >= 11 is 1.28. The molecule has 2 rings (SSSR count). The van der Waals surface area contributed by atoms with E-state index in [4.69, 9.17) is 0 Å². The lowest BCUT2D eigenvalue weighted by atomic mass is 10.2. The molecule has 1 heterocycles. The average molecular weight is 219 g/mol. The van der Waals surface area contributed by atoms with Crippen LogP contribution in [0.5, 0.6) is 0 Å². The van der Waals surface area contributed by atoms with Gasteiger partial charge in [0.1, 0.15) is 0 Å². The zero-order valence-corrected chi connectivity index (χ0v) is 8.61. The van der Waals surface area contributed by atoms with E-state index in [2.05, 4.69) is 4.98 Å². The second-order valence-electron chi connectivity index (χ2n) is 2.90. The predicted molar refractivity (Wildman–Crippen MR) is 60.6 cm³/mol. The molecule has 0 bridgehead atoms. The Labute approximate surface area is 91.0 Å². The number of aromatic nitrogens is 1. The van der Waals surface area contributed by atoms with Crippen LogP contribution in [0.1, 0.15) is 10.6 Å².